The smallest absolute Gasteiger partial charge is 0.259 e. The first kappa shape index (κ1) is 12.0. The van der Waals surface area contributed by atoms with Gasteiger partial charge in [0.1, 0.15) is 6.07 Å². The summed E-state index contributed by atoms with van der Waals surface area (Å²) >= 11 is 0. The molecule has 0 bridgehead atoms. The molecule has 7 heteroatoms. The van der Waals surface area contributed by atoms with Crippen LogP contribution in [0.1, 0.15) is 12.0 Å². The van der Waals surface area contributed by atoms with Crippen molar-refractivity contribution in [3.63, 3.8) is 0 Å². The van der Waals surface area contributed by atoms with Gasteiger partial charge in [-0.1, -0.05) is 0 Å². The molecule has 1 unspecified atom stereocenters. The van der Waals surface area contributed by atoms with Gasteiger partial charge in [0.15, 0.2) is 5.03 Å². The zero-order chi connectivity index (χ0) is 12.3. The van der Waals surface area contributed by atoms with Crippen LogP contribution in [-0.4, -0.2) is 32.5 Å². The fourth-order valence-corrected chi connectivity index (χ4v) is 3.07. The molecule has 90 valence electrons. The second-order valence-corrected chi connectivity index (χ2v) is 5.41. The standard InChI is InChI=1S/C10H12N4O2S/c11-6-8-2-1-4-13-10(8)17(15,16)14-9-3-5-12-7-9/h1-2,4,9,12,14H,3,5,7H2. The van der Waals surface area contributed by atoms with Crippen LogP contribution in [0.5, 0.6) is 0 Å². The summed E-state index contributed by atoms with van der Waals surface area (Å²) in [5.41, 5.74) is 0.0611. The summed E-state index contributed by atoms with van der Waals surface area (Å²) < 4.78 is 26.6. The third-order valence-electron chi connectivity index (χ3n) is 2.53. The Bertz CT molecular complexity index is 544. The van der Waals surface area contributed by atoms with Gasteiger partial charge in [-0.25, -0.2) is 18.1 Å². The van der Waals surface area contributed by atoms with Crippen LogP contribution in [0.15, 0.2) is 23.4 Å². The lowest BCUT2D eigenvalue weighted by Gasteiger charge is -2.11. The minimum absolute atomic E-state index is 0.0611. The molecule has 1 aliphatic rings. The predicted molar refractivity (Wildman–Crippen MR) is 60.5 cm³/mol. The van der Waals surface area contributed by atoms with Gasteiger partial charge in [-0.15, -0.1) is 0 Å². The molecule has 1 aliphatic heterocycles. The second kappa shape index (κ2) is 4.79. The molecule has 2 rings (SSSR count). The lowest BCUT2D eigenvalue weighted by molar-refractivity contribution is 0.556. The van der Waals surface area contributed by atoms with Crippen LogP contribution in [0, 0.1) is 11.3 Å². The number of pyridine rings is 1. The van der Waals surface area contributed by atoms with E-state index in [9.17, 15) is 8.42 Å². The van der Waals surface area contributed by atoms with Crippen molar-refractivity contribution in [1.82, 2.24) is 15.0 Å². The van der Waals surface area contributed by atoms with Crippen LogP contribution in [0.4, 0.5) is 0 Å². The molecule has 0 aliphatic carbocycles. The van der Waals surface area contributed by atoms with Crippen molar-refractivity contribution < 1.29 is 8.42 Å². The highest BCUT2D eigenvalue weighted by atomic mass is 32.2. The van der Waals surface area contributed by atoms with Crippen LogP contribution in [-0.2, 0) is 10.0 Å². The van der Waals surface area contributed by atoms with Gasteiger partial charge in [0, 0.05) is 18.8 Å². The number of nitrogens with one attached hydrogen (secondary N) is 2. The van der Waals surface area contributed by atoms with Gasteiger partial charge in [0.05, 0.1) is 5.56 Å². The highest BCUT2D eigenvalue weighted by molar-refractivity contribution is 7.89. The summed E-state index contributed by atoms with van der Waals surface area (Å²) in [6, 6.07) is 4.67. The lowest BCUT2D eigenvalue weighted by Crippen LogP contribution is -2.36. The van der Waals surface area contributed by atoms with Crippen molar-refractivity contribution in [1.29, 1.82) is 5.26 Å². The van der Waals surface area contributed by atoms with E-state index in [2.05, 4.69) is 15.0 Å². The molecule has 0 aromatic carbocycles. The first-order valence-corrected chi connectivity index (χ1v) is 6.70. The van der Waals surface area contributed by atoms with Gasteiger partial charge in [-0.05, 0) is 25.1 Å². The summed E-state index contributed by atoms with van der Waals surface area (Å²) in [5, 5.41) is 11.7. The highest BCUT2D eigenvalue weighted by Gasteiger charge is 2.25. The molecule has 17 heavy (non-hydrogen) atoms. The molecule has 2 heterocycles. The minimum Gasteiger partial charge on any atom is -0.315 e. The zero-order valence-corrected chi connectivity index (χ0v) is 9.87. The molecule has 1 fully saturated rings. The predicted octanol–water partition coefficient (Wildman–Crippen LogP) is -0.407. The Balaban J connectivity index is 2.28. The molecular formula is C10H12N4O2S. The largest absolute Gasteiger partial charge is 0.315 e. The van der Waals surface area contributed by atoms with Gasteiger partial charge >= 0.3 is 0 Å². The second-order valence-electron chi connectivity index (χ2n) is 3.78. The molecule has 0 spiro atoms. The molecule has 1 atom stereocenters. The van der Waals surface area contributed by atoms with E-state index in [0.717, 1.165) is 13.0 Å². The molecule has 6 nitrogen and oxygen atoms in total. The van der Waals surface area contributed by atoms with E-state index in [1.54, 1.807) is 0 Å². The van der Waals surface area contributed by atoms with E-state index in [4.69, 9.17) is 5.26 Å². The molecule has 1 aromatic rings. The van der Waals surface area contributed by atoms with E-state index in [1.165, 1.54) is 18.3 Å². The Morgan fingerprint density at radius 1 is 1.59 bits per heavy atom. The molecule has 1 saturated heterocycles. The van der Waals surface area contributed by atoms with Gasteiger partial charge in [-0.3, -0.25) is 0 Å². The normalized spacial score (nSPS) is 20.1. The molecule has 0 saturated carbocycles. The SMILES string of the molecule is N#Cc1cccnc1S(=O)(=O)NC1CCNC1. The average molecular weight is 252 g/mol. The van der Waals surface area contributed by atoms with Crippen LogP contribution < -0.4 is 10.0 Å². The van der Waals surface area contributed by atoms with Crippen molar-refractivity contribution in [3.05, 3.63) is 23.9 Å². The molecular weight excluding hydrogens is 240 g/mol. The third kappa shape index (κ3) is 2.61. The number of hydrogen-bond donors (Lipinski definition) is 2. The van der Waals surface area contributed by atoms with Crippen LogP contribution >= 0.6 is 0 Å². The minimum atomic E-state index is -3.71. The van der Waals surface area contributed by atoms with Crippen molar-refractivity contribution in [2.24, 2.45) is 0 Å². The zero-order valence-electron chi connectivity index (χ0n) is 9.05. The maximum absolute atomic E-state index is 12.0. The fraction of sp³-hybridized carbons (Fsp3) is 0.400. The number of sulfonamides is 1. The van der Waals surface area contributed by atoms with Crippen molar-refractivity contribution >= 4 is 10.0 Å². The van der Waals surface area contributed by atoms with Crippen LogP contribution in [0.25, 0.3) is 0 Å². The van der Waals surface area contributed by atoms with Gasteiger partial charge in [0.2, 0.25) is 0 Å². The topological polar surface area (TPSA) is 94.9 Å². The monoisotopic (exact) mass is 252 g/mol. The Morgan fingerprint density at radius 3 is 3.06 bits per heavy atom. The fourth-order valence-electron chi connectivity index (χ4n) is 1.72. The van der Waals surface area contributed by atoms with Crippen molar-refractivity contribution in [3.8, 4) is 6.07 Å². The van der Waals surface area contributed by atoms with Crippen LogP contribution in [0.2, 0.25) is 0 Å². The maximum Gasteiger partial charge on any atom is 0.259 e. The summed E-state index contributed by atoms with van der Waals surface area (Å²) in [7, 11) is -3.71. The summed E-state index contributed by atoms with van der Waals surface area (Å²) in [6.45, 7) is 1.40. The molecule has 2 N–H and O–H groups in total. The summed E-state index contributed by atoms with van der Waals surface area (Å²) in [5.74, 6) is 0. The van der Waals surface area contributed by atoms with E-state index < -0.39 is 10.0 Å². The Morgan fingerprint density at radius 2 is 2.41 bits per heavy atom. The third-order valence-corrected chi connectivity index (χ3v) is 4.01. The number of aromatic nitrogens is 1. The Labute approximate surface area is 99.7 Å². The van der Waals surface area contributed by atoms with E-state index in [1.807, 2.05) is 6.07 Å². The van der Waals surface area contributed by atoms with Gasteiger partial charge in [0.25, 0.3) is 10.0 Å². The number of nitrogens with zero attached hydrogens (tertiary/aromatic N) is 2. The van der Waals surface area contributed by atoms with Crippen LogP contribution in [0.3, 0.4) is 0 Å². The summed E-state index contributed by atoms with van der Waals surface area (Å²) in [6.07, 6.45) is 2.11. The molecule has 0 radical (unpaired) electrons. The molecule has 1 aromatic heterocycles. The average Bonchev–Trinajstić information content (AvgIpc) is 2.81. The lowest BCUT2D eigenvalue weighted by atomic mass is 10.3. The molecule has 0 amide bonds. The highest BCUT2D eigenvalue weighted by Crippen LogP contribution is 2.12. The van der Waals surface area contributed by atoms with Gasteiger partial charge < -0.3 is 5.32 Å². The van der Waals surface area contributed by atoms with E-state index in [0.29, 0.717) is 6.54 Å². The number of hydrogen-bond acceptors (Lipinski definition) is 5. The Kier molecular flexibility index (Phi) is 3.38. The number of nitriles is 1. The van der Waals surface area contributed by atoms with E-state index >= 15 is 0 Å². The van der Waals surface area contributed by atoms with Crippen molar-refractivity contribution in [2.75, 3.05) is 13.1 Å². The first-order valence-electron chi connectivity index (χ1n) is 5.21. The number of rotatable bonds is 3. The van der Waals surface area contributed by atoms with Crippen molar-refractivity contribution in [2.45, 2.75) is 17.5 Å². The van der Waals surface area contributed by atoms with E-state index in [-0.39, 0.29) is 16.6 Å². The Hall–Kier alpha value is -1.49. The maximum atomic E-state index is 12.0. The first-order chi connectivity index (χ1) is 8.13. The van der Waals surface area contributed by atoms with Gasteiger partial charge in [-0.2, -0.15) is 5.26 Å². The quantitative estimate of drug-likeness (QED) is 0.762. The summed E-state index contributed by atoms with van der Waals surface area (Å²) in [4.78, 5) is 3.77.